The Morgan fingerprint density at radius 2 is 1.67 bits per heavy atom. The molecule has 18 heavy (non-hydrogen) atoms. The average molecular weight is 256 g/mol. The van der Waals surface area contributed by atoms with Gasteiger partial charge in [0.25, 0.3) is 0 Å². The summed E-state index contributed by atoms with van der Waals surface area (Å²) in [6.45, 7) is 8.47. The Labute approximate surface area is 113 Å². The van der Waals surface area contributed by atoms with Gasteiger partial charge < -0.3 is 5.11 Å². The summed E-state index contributed by atoms with van der Waals surface area (Å²) in [6, 6.07) is 0. The number of hydrogen-bond acceptors (Lipinski definition) is 1. The molecular weight excluding hydrogens is 224 g/mol. The molecule has 2 heteroatoms. The molecule has 0 heterocycles. The first kappa shape index (κ1) is 17.5. The molecule has 0 aromatic carbocycles. The number of rotatable bonds is 11. The zero-order chi connectivity index (χ0) is 14.0. The Morgan fingerprint density at radius 3 is 2.11 bits per heavy atom. The van der Waals surface area contributed by atoms with Crippen LogP contribution in [0.15, 0.2) is 0 Å². The van der Waals surface area contributed by atoms with Gasteiger partial charge in [0.1, 0.15) is 0 Å². The molecule has 0 aliphatic rings. The molecule has 2 nitrogen and oxygen atoms in total. The third-order valence-corrected chi connectivity index (χ3v) is 4.00. The highest BCUT2D eigenvalue weighted by Crippen LogP contribution is 2.35. The highest BCUT2D eigenvalue weighted by molar-refractivity contribution is 5.74. The first-order valence-electron chi connectivity index (χ1n) is 7.73. The largest absolute Gasteiger partial charge is 0.481 e. The van der Waals surface area contributed by atoms with Crippen molar-refractivity contribution in [2.45, 2.75) is 85.5 Å². The van der Waals surface area contributed by atoms with E-state index in [0.717, 1.165) is 32.1 Å². The van der Waals surface area contributed by atoms with Gasteiger partial charge in [0, 0.05) is 0 Å². The highest BCUT2D eigenvalue weighted by atomic mass is 16.4. The predicted octanol–water partition coefficient (Wildman–Crippen LogP) is 5.26. The van der Waals surface area contributed by atoms with Crippen LogP contribution in [-0.2, 0) is 4.79 Å². The van der Waals surface area contributed by atoms with Crippen LogP contribution in [0.5, 0.6) is 0 Å². The fourth-order valence-electron chi connectivity index (χ4n) is 2.75. The van der Waals surface area contributed by atoms with Crippen LogP contribution < -0.4 is 0 Å². The van der Waals surface area contributed by atoms with Gasteiger partial charge in [0.05, 0.1) is 5.41 Å². The van der Waals surface area contributed by atoms with Gasteiger partial charge in [-0.25, -0.2) is 0 Å². The van der Waals surface area contributed by atoms with Gasteiger partial charge in [-0.2, -0.15) is 0 Å². The van der Waals surface area contributed by atoms with Crippen LogP contribution in [0.1, 0.15) is 85.5 Å². The van der Waals surface area contributed by atoms with Crippen LogP contribution in [0, 0.1) is 11.3 Å². The summed E-state index contributed by atoms with van der Waals surface area (Å²) in [5, 5.41) is 9.50. The predicted molar refractivity (Wildman–Crippen MR) is 77.8 cm³/mol. The van der Waals surface area contributed by atoms with E-state index in [2.05, 4.69) is 20.8 Å². The summed E-state index contributed by atoms with van der Waals surface area (Å²) in [5.74, 6) is -0.0125. The van der Waals surface area contributed by atoms with Crippen molar-refractivity contribution in [3.05, 3.63) is 0 Å². The number of carboxylic acids is 1. The third-order valence-electron chi connectivity index (χ3n) is 4.00. The van der Waals surface area contributed by atoms with E-state index in [9.17, 15) is 9.90 Å². The van der Waals surface area contributed by atoms with Crippen molar-refractivity contribution in [3.8, 4) is 0 Å². The van der Waals surface area contributed by atoms with Gasteiger partial charge in [-0.3, -0.25) is 4.79 Å². The average Bonchev–Trinajstić information content (AvgIpc) is 2.33. The second-order valence-corrected chi connectivity index (χ2v) is 5.97. The summed E-state index contributed by atoms with van der Waals surface area (Å²) in [5.41, 5.74) is -0.510. The highest BCUT2D eigenvalue weighted by Gasteiger charge is 2.34. The van der Waals surface area contributed by atoms with Crippen LogP contribution in [0.2, 0.25) is 0 Å². The van der Waals surface area contributed by atoms with Gasteiger partial charge in [-0.1, -0.05) is 65.7 Å². The molecule has 0 fully saturated rings. The molecule has 2 unspecified atom stereocenters. The zero-order valence-corrected chi connectivity index (χ0v) is 12.8. The topological polar surface area (TPSA) is 37.3 Å². The van der Waals surface area contributed by atoms with Crippen LogP contribution in [0.3, 0.4) is 0 Å². The molecule has 0 rings (SSSR count). The molecule has 0 aliphatic heterocycles. The van der Waals surface area contributed by atoms with Crippen LogP contribution in [-0.4, -0.2) is 11.1 Å². The second-order valence-electron chi connectivity index (χ2n) is 5.97. The minimum absolute atomic E-state index is 0.510. The molecule has 2 atom stereocenters. The van der Waals surface area contributed by atoms with E-state index in [4.69, 9.17) is 0 Å². The Balaban J connectivity index is 4.52. The lowest BCUT2D eigenvalue weighted by Gasteiger charge is -2.29. The second kappa shape index (κ2) is 9.41. The summed E-state index contributed by atoms with van der Waals surface area (Å²) >= 11 is 0. The molecule has 0 aliphatic carbocycles. The minimum atomic E-state index is -0.603. The van der Waals surface area contributed by atoms with Crippen LogP contribution in [0.25, 0.3) is 0 Å². The monoisotopic (exact) mass is 256 g/mol. The number of hydrogen-bond donors (Lipinski definition) is 1. The molecule has 0 bridgehead atoms. The summed E-state index contributed by atoms with van der Waals surface area (Å²) < 4.78 is 0. The van der Waals surface area contributed by atoms with Crippen LogP contribution >= 0.6 is 0 Å². The van der Waals surface area contributed by atoms with Gasteiger partial charge in [-0.15, -0.1) is 0 Å². The molecule has 0 aromatic heterocycles. The maximum atomic E-state index is 11.5. The summed E-state index contributed by atoms with van der Waals surface area (Å²) in [7, 11) is 0. The van der Waals surface area contributed by atoms with Gasteiger partial charge in [-0.05, 0) is 25.7 Å². The Bertz CT molecular complexity index is 225. The van der Waals surface area contributed by atoms with E-state index in [1.54, 1.807) is 0 Å². The summed E-state index contributed by atoms with van der Waals surface area (Å²) in [6.07, 6.45) is 9.76. The Kier molecular flexibility index (Phi) is 9.13. The molecule has 108 valence electrons. The maximum absolute atomic E-state index is 11.5. The van der Waals surface area contributed by atoms with E-state index in [1.807, 2.05) is 6.92 Å². The molecule has 0 spiro atoms. The van der Waals surface area contributed by atoms with Crippen molar-refractivity contribution in [2.24, 2.45) is 11.3 Å². The number of carboxylic acid groups (broad SMARTS) is 1. The van der Waals surface area contributed by atoms with Gasteiger partial charge in [0.2, 0.25) is 0 Å². The standard InChI is InChI=1S/C16H32O2/c1-5-8-11-14(10-7-3)13-16(4,15(17)18)12-9-6-2/h14H,5-13H2,1-4H3,(H,17,18). The van der Waals surface area contributed by atoms with Crippen LogP contribution in [0.4, 0.5) is 0 Å². The van der Waals surface area contributed by atoms with E-state index < -0.39 is 11.4 Å². The number of carbonyl (C=O) groups is 1. The van der Waals surface area contributed by atoms with Crippen molar-refractivity contribution in [3.63, 3.8) is 0 Å². The van der Waals surface area contributed by atoms with Crippen molar-refractivity contribution >= 4 is 5.97 Å². The molecule has 0 aromatic rings. The normalized spacial score (nSPS) is 16.2. The zero-order valence-electron chi connectivity index (χ0n) is 12.8. The Morgan fingerprint density at radius 1 is 1.06 bits per heavy atom. The van der Waals surface area contributed by atoms with E-state index >= 15 is 0 Å². The van der Waals surface area contributed by atoms with Crippen molar-refractivity contribution < 1.29 is 9.90 Å². The van der Waals surface area contributed by atoms with Gasteiger partial charge in [0.15, 0.2) is 0 Å². The molecule has 0 saturated carbocycles. The first-order chi connectivity index (χ1) is 8.50. The lowest BCUT2D eigenvalue weighted by atomic mass is 9.75. The fraction of sp³-hybridized carbons (Fsp3) is 0.938. The van der Waals surface area contributed by atoms with Gasteiger partial charge >= 0.3 is 5.97 Å². The first-order valence-corrected chi connectivity index (χ1v) is 7.73. The summed E-state index contributed by atoms with van der Waals surface area (Å²) in [4.78, 5) is 11.5. The third kappa shape index (κ3) is 6.42. The number of aliphatic carboxylic acids is 1. The van der Waals surface area contributed by atoms with E-state index in [-0.39, 0.29) is 0 Å². The molecule has 0 amide bonds. The van der Waals surface area contributed by atoms with Crippen molar-refractivity contribution in [1.29, 1.82) is 0 Å². The molecular formula is C16H32O2. The van der Waals surface area contributed by atoms with Crippen molar-refractivity contribution in [1.82, 2.24) is 0 Å². The molecule has 1 N–H and O–H groups in total. The quantitative estimate of drug-likeness (QED) is 0.547. The lowest BCUT2D eigenvalue weighted by Crippen LogP contribution is -2.30. The Hall–Kier alpha value is -0.530. The van der Waals surface area contributed by atoms with E-state index in [0.29, 0.717) is 5.92 Å². The van der Waals surface area contributed by atoms with Crippen molar-refractivity contribution in [2.75, 3.05) is 0 Å². The fourth-order valence-corrected chi connectivity index (χ4v) is 2.75. The lowest BCUT2D eigenvalue weighted by molar-refractivity contribution is -0.149. The smallest absolute Gasteiger partial charge is 0.309 e. The van der Waals surface area contributed by atoms with E-state index in [1.165, 1.54) is 25.7 Å². The SMILES string of the molecule is CCCCC(CCC)CC(C)(CCCC)C(=O)O. The molecule has 0 saturated heterocycles. The maximum Gasteiger partial charge on any atom is 0.309 e. The molecule has 0 radical (unpaired) electrons. The number of unbranched alkanes of at least 4 members (excludes halogenated alkanes) is 2. The minimum Gasteiger partial charge on any atom is -0.481 e.